The largest absolute Gasteiger partial charge is 0.507 e. The molecule has 0 aromatic heterocycles. The van der Waals surface area contributed by atoms with E-state index in [1.54, 1.807) is 23.1 Å². The van der Waals surface area contributed by atoms with Crippen LogP contribution >= 0.6 is 22.6 Å². The van der Waals surface area contributed by atoms with Gasteiger partial charge in [0.2, 0.25) is 0 Å². The molecule has 0 saturated carbocycles. The average molecular weight is 345 g/mol. The molecular weight excluding hydrogens is 329 g/mol. The number of benzene rings is 1. The molecule has 1 aromatic rings. The summed E-state index contributed by atoms with van der Waals surface area (Å²) in [6.45, 7) is 8.70. The van der Waals surface area contributed by atoms with Gasteiger partial charge in [-0.25, -0.2) is 0 Å². The van der Waals surface area contributed by atoms with Gasteiger partial charge in [-0.2, -0.15) is 0 Å². The second-order valence-electron chi connectivity index (χ2n) is 3.94. The highest BCUT2D eigenvalue weighted by atomic mass is 127. The third-order valence-electron chi connectivity index (χ3n) is 2.32. The summed E-state index contributed by atoms with van der Waals surface area (Å²) in [5, 5.41) is 9.71. The molecule has 0 aliphatic carbocycles. The Morgan fingerprint density at radius 1 is 1.53 bits per heavy atom. The van der Waals surface area contributed by atoms with Crippen LogP contribution in [0.15, 0.2) is 30.4 Å². The standard InChI is InChI=1S/C13H16INO2/c1-4-15(8-9(2)3)13(17)11-7-10(14)5-6-12(11)16/h5-7,16H,2,4,8H2,1,3H3. The lowest BCUT2D eigenvalue weighted by Crippen LogP contribution is -2.32. The number of phenols is 1. The fourth-order valence-corrected chi connectivity index (χ4v) is 1.99. The summed E-state index contributed by atoms with van der Waals surface area (Å²) in [6.07, 6.45) is 0. The highest BCUT2D eigenvalue weighted by Gasteiger charge is 2.17. The molecule has 0 spiro atoms. The Balaban J connectivity index is 3.01. The fourth-order valence-electron chi connectivity index (χ4n) is 1.50. The van der Waals surface area contributed by atoms with E-state index in [-0.39, 0.29) is 11.7 Å². The van der Waals surface area contributed by atoms with E-state index in [0.29, 0.717) is 18.7 Å². The summed E-state index contributed by atoms with van der Waals surface area (Å²) in [7, 11) is 0. The molecule has 17 heavy (non-hydrogen) atoms. The number of hydrogen-bond acceptors (Lipinski definition) is 2. The molecule has 0 saturated heterocycles. The van der Waals surface area contributed by atoms with Crippen molar-refractivity contribution in [1.29, 1.82) is 0 Å². The zero-order chi connectivity index (χ0) is 13.0. The van der Waals surface area contributed by atoms with Gasteiger partial charge in [0.25, 0.3) is 5.91 Å². The second kappa shape index (κ2) is 6.05. The van der Waals surface area contributed by atoms with Crippen LogP contribution in [0, 0.1) is 3.57 Å². The lowest BCUT2D eigenvalue weighted by atomic mass is 10.1. The van der Waals surface area contributed by atoms with Crippen LogP contribution in [0.4, 0.5) is 0 Å². The van der Waals surface area contributed by atoms with Crippen LogP contribution in [-0.4, -0.2) is 29.0 Å². The molecule has 0 atom stereocenters. The molecule has 0 radical (unpaired) electrons. The number of amides is 1. The van der Waals surface area contributed by atoms with Gasteiger partial charge in [0.15, 0.2) is 0 Å². The summed E-state index contributed by atoms with van der Waals surface area (Å²) >= 11 is 2.12. The van der Waals surface area contributed by atoms with Crippen molar-refractivity contribution in [2.45, 2.75) is 13.8 Å². The van der Waals surface area contributed by atoms with Crippen molar-refractivity contribution in [3.63, 3.8) is 0 Å². The van der Waals surface area contributed by atoms with Crippen LogP contribution < -0.4 is 0 Å². The number of nitrogens with zero attached hydrogens (tertiary/aromatic N) is 1. The van der Waals surface area contributed by atoms with Crippen molar-refractivity contribution in [2.24, 2.45) is 0 Å². The first kappa shape index (κ1) is 14.0. The number of halogens is 1. The molecule has 1 amide bonds. The van der Waals surface area contributed by atoms with Crippen LogP contribution in [0.2, 0.25) is 0 Å². The van der Waals surface area contributed by atoms with Gasteiger partial charge in [-0.15, -0.1) is 0 Å². The Hall–Kier alpha value is -1.04. The van der Waals surface area contributed by atoms with Crippen LogP contribution in [0.25, 0.3) is 0 Å². The molecule has 92 valence electrons. The van der Waals surface area contributed by atoms with Gasteiger partial charge in [-0.1, -0.05) is 12.2 Å². The summed E-state index contributed by atoms with van der Waals surface area (Å²) in [5.74, 6) is -0.137. The predicted octanol–water partition coefficient (Wildman–Crippen LogP) is 3.04. The quantitative estimate of drug-likeness (QED) is 0.673. The van der Waals surface area contributed by atoms with Gasteiger partial charge in [-0.3, -0.25) is 4.79 Å². The Kier molecular flexibility index (Phi) is 4.99. The number of hydrogen-bond donors (Lipinski definition) is 1. The topological polar surface area (TPSA) is 40.5 Å². The van der Waals surface area contributed by atoms with Gasteiger partial charge >= 0.3 is 0 Å². The summed E-state index contributed by atoms with van der Waals surface area (Å²) in [5.41, 5.74) is 1.27. The molecule has 0 aliphatic rings. The first-order valence-corrected chi connectivity index (χ1v) is 6.45. The molecule has 0 fully saturated rings. The number of carbonyl (C=O) groups is 1. The van der Waals surface area contributed by atoms with Crippen LogP contribution in [0.3, 0.4) is 0 Å². The highest BCUT2D eigenvalue weighted by Crippen LogP contribution is 2.21. The van der Waals surface area contributed by atoms with E-state index >= 15 is 0 Å². The molecule has 4 heteroatoms. The first-order chi connectivity index (χ1) is 7.95. The lowest BCUT2D eigenvalue weighted by molar-refractivity contribution is 0.0775. The summed E-state index contributed by atoms with van der Waals surface area (Å²) < 4.78 is 0.926. The second-order valence-corrected chi connectivity index (χ2v) is 5.18. The maximum absolute atomic E-state index is 12.2. The Morgan fingerprint density at radius 3 is 2.71 bits per heavy atom. The molecule has 0 heterocycles. The Bertz CT molecular complexity index is 443. The smallest absolute Gasteiger partial charge is 0.257 e. The van der Waals surface area contributed by atoms with E-state index in [0.717, 1.165) is 9.14 Å². The van der Waals surface area contributed by atoms with Gasteiger partial charge in [0.05, 0.1) is 5.56 Å². The minimum atomic E-state index is -0.161. The molecule has 1 aromatic carbocycles. The van der Waals surface area contributed by atoms with Crippen molar-refractivity contribution in [3.8, 4) is 5.75 Å². The number of aromatic hydroxyl groups is 1. The predicted molar refractivity (Wildman–Crippen MR) is 77.2 cm³/mol. The van der Waals surface area contributed by atoms with E-state index in [2.05, 4.69) is 29.2 Å². The summed E-state index contributed by atoms with van der Waals surface area (Å²) in [4.78, 5) is 13.9. The number of phenolic OH excluding ortho intramolecular Hbond substituents is 1. The van der Waals surface area contributed by atoms with E-state index in [1.165, 1.54) is 0 Å². The molecule has 1 rings (SSSR count). The fraction of sp³-hybridized carbons (Fsp3) is 0.308. The Labute approximate surface area is 115 Å². The van der Waals surface area contributed by atoms with Crippen LogP contribution in [0.1, 0.15) is 24.2 Å². The minimum Gasteiger partial charge on any atom is -0.507 e. The van der Waals surface area contributed by atoms with E-state index in [1.807, 2.05) is 13.8 Å². The first-order valence-electron chi connectivity index (χ1n) is 5.38. The average Bonchev–Trinajstić information content (AvgIpc) is 2.28. The summed E-state index contributed by atoms with van der Waals surface area (Å²) in [6, 6.07) is 5.00. The molecule has 0 bridgehead atoms. The molecular formula is C13H16INO2. The zero-order valence-electron chi connectivity index (χ0n) is 10.0. The van der Waals surface area contributed by atoms with E-state index in [9.17, 15) is 9.90 Å². The molecule has 0 unspecified atom stereocenters. The lowest BCUT2D eigenvalue weighted by Gasteiger charge is -2.21. The minimum absolute atomic E-state index is 0.0237. The molecule has 1 N–H and O–H groups in total. The zero-order valence-corrected chi connectivity index (χ0v) is 12.2. The SMILES string of the molecule is C=C(C)CN(CC)C(=O)c1cc(I)ccc1O. The monoisotopic (exact) mass is 345 g/mol. The van der Waals surface area contributed by atoms with Crippen molar-refractivity contribution in [3.05, 3.63) is 39.5 Å². The third-order valence-corrected chi connectivity index (χ3v) is 2.99. The third kappa shape index (κ3) is 3.73. The number of rotatable bonds is 4. The van der Waals surface area contributed by atoms with Gasteiger partial charge in [-0.05, 0) is 54.6 Å². The van der Waals surface area contributed by atoms with Crippen molar-refractivity contribution >= 4 is 28.5 Å². The van der Waals surface area contributed by atoms with E-state index < -0.39 is 0 Å². The van der Waals surface area contributed by atoms with E-state index in [4.69, 9.17) is 0 Å². The van der Waals surface area contributed by atoms with Crippen LogP contribution in [-0.2, 0) is 0 Å². The maximum atomic E-state index is 12.2. The molecule has 3 nitrogen and oxygen atoms in total. The number of likely N-dealkylation sites (N-methyl/N-ethyl adjacent to an activating group) is 1. The van der Waals surface area contributed by atoms with Crippen LogP contribution in [0.5, 0.6) is 5.75 Å². The van der Waals surface area contributed by atoms with Gasteiger partial charge < -0.3 is 10.0 Å². The molecule has 0 aliphatic heterocycles. The normalized spacial score (nSPS) is 10.1. The van der Waals surface area contributed by atoms with Gasteiger partial charge in [0, 0.05) is 16.7 Å². The van der Waals surface area contributed by atoms with Crippen molar-refractivity contribution in [1.82, 2.24) is 4.90 Å². The van der Waals surface area contributed by atoms with Gasteiger partial charge in [0.1, 0.15) is 5.75 Å². The highest BCUT2D eigenvalue weighted by molar-refractivity contribution is 14.1. The van der Waals surface area contributed by atoms with Crippen molar-refractivity contribution < 1.29 is 9.90 Å². The van der Waals surface area contributed by atoms with Crippen molar-refractivity contribution in [2.75, 3.05) is 13.1 Å². The Morgan fingerprint density at radius 2 is 2.18 bits per heavy atom. The number of carbonyl (C=O) groups excluding carboxylic acids is 1. The maximum Gasteiger partial charge on any atom is 0.257 e.